The summed E-state index contributed by atoms with van der Waals surface area (Å²) in [4.78, 5) is 0. The maximum absolute atomic E-state index is 9.84. The third kappa shape index (κ3) is 4.91. The Morgan fingerprint density at radius 3 is 2.53 bits per heavy atom. The molecule has 0 saturated heterocycles. The van der Waals surface area contributed by atoms with Crippen LogP contribution >= 0.6 is 0 Å². The third-order valence-corrected chi connectivity index (χ3v) is 3.09. The van der Waals surface area contributed by atoms with Crippen LogP contribution in [0.4, 0.5) is 0 Å². The maximum atomic E-state index is 9.84. The van der Waals surface area contributed by atoms with Gasteiger partial charge in [-0.3, -0.25) is 0 Å². The zero-order valence-corrected chi connectivity index (χ0v) is 11.9. The number of hydrogen-bond donors (Lipinski definition) is 2. The highest BCUT2D eigenvalue weighted by atomic mass is 16.5. The van der Waals surface area contributed by atoms with Gasteiger partial charge in [-0.15, -0.1) is 0 Å². The monoisotopic (exact) mass is 267 g/mol. The van der Waals surface area contributed by atoms with Gasteiger partial charge in [-0.05, 0) is 18.5 Å². The van der Waals surface area contributed by atoms with Crippen molar-refractivity contribution in [1.82, 2.24) is 5.32 Å². The highest BCUT2D eigenvalue weighted by molar-refractivity contribution is 5.25. The van der Waals surface area contributed by atoms with E-state index in [9.17, 15) is 5.11 Å². The van der Waals surface area contributed by atoms with Crippen LogP contribution in [-0.4, -0.2) is 45.2 Å². The molecule has 0 aliphatic heterocycles. The summed E-state index contributed by atoms with van der Waals surface area (Å²) in [5.74, 6) is 0. The van der Waals surface area contributed by atoms with Crippen molar-refractivity contribution in [2.24, 2.45) is 0 Å². The second kappa shape index (κ2) is 9.04. The van der Waals surface area contributed by atoms with Gasteiger partial charge in [-0.2, -0.15) is 0 Å². The summed E-state index contributed by atoms with van der Waals surface area (Å²) in [5.41, 5.74) is 0.508. The van der Waals surface area contributed by atoms with Crippen molar-refractivity contribution >= 4 is 0 Å². The second-order valence-electron chi connectivity index (χ2n) is 4.58. The molecular weight excluding hydrogens is 242 g/mol. The Labute approximate surface area is 115 Å². The van der Waals surface area contributed by atoms with E-state index in [-0.39, 0.29) is 6.61 Å². The van der Waals surface area contributed by atoms with Crippen molar-refractivity contribution < 1.29 is 14.6 Å². The van der Waals surface area contributed by atoms with E-state index in [1.807, 2.05) is 30.3 Å². The minimum atomic E-state index is -0.537. The Bertz CT molecular complexity index is 331. The van der Waals surface area contributed by atoms with E-state index in [0.717, 1.165) is 18.5 Å². The summed E-state index contributed by atoms with van der Waals surface area (Å²) >= 11 is 0. The molecule has 2 N–H and O–H groups in total. The van der Waals surface area contributed by atoms with Gasteiger partial charge in [0.2, 0.25) is 0 Å². The molecule has 0 aromatic heterocycles. The smallest absolute Gasteiger partial charge is 0.0905 e. The first-order chi connectivity index (χ1) is 9.29. The molecule has 108 valence electrons. The predicted molar refractivity (Wildman–Crippen MR) is 76.2 cm³/mol. The number of ether oxygens (including phenoxy) is 2. The standard InChI is InChI=1S/C15H25NO3/c1-3-9-16-15(12-17,13-19-11-10-18-2)14-7-5-4-6-8-14/h4-8,16-17H,3,9-13H2,1-2H3. The average molecular weight is 267 g/mol. The molecule has 0 heterocycles. The van der Waals surface area contributed by atoms with Crippen molar-refractivity contribution in [2.75, 3.05) is 40.1 Å². The van der Waals surface area contributed by atoms with Gasteiger partial charge < -0.3 is 19.9 Å². The van der Waals surface area contributed by atoms with Gasteiger partial charge in [0.05, 0.1) is 32.0 Å². The SMILES string of the molecule is CCCNC(CO)(COCCOC)c1ccccc1. The molecule has 0 fully saturated rings. The van der Waals surface area contributed by atoms with Gasteiger partial charge in [-0.1, -0.05) is 37.3 Å². The number of hydrogen-bond acceptors (Lipinski definition) is 4. The topological polar surface area (TPSA) is 50.7 Å². The molecule has 0 saturated carbocycles. The zero-order valence-electron chi connectivity index (χ0n) is 11.9. The van der Waals surface area contributed by atoms with Crippen molar-refractivity contribution in [3.05, 3.63) is 35.9 Å². The summed E-state index contributed by atoms with van der Waals surface area (Å²) in [6.45, 7) is 4.46. The molecule has 0 bridgehead atoms. The second-order valence-corrected chi connectivity index (χ2v) is 4.58. The Morgan fingerprint density at radius 1 is 1.21 bits per heavy atom. The molecule has 19 heavy (non-hydrogen) atoms. The molecule has 1 aromatic rings. The molecule has 1 unspecified atom stereocenters. The fourth-order valence-electron chi connectivity index (χ4n) is 1.94. The lowest BCUT2D eigenvalue weighted by molar-refractivity contribution is 0.0107. The van der Waals surface area contributed by atoms with Crippen molar-refractivity contribution in [2.45, 2.75) is 18.9 Å². The number of aliphatic hydroxyl groups is 1. The van der Waals surface area contributed by atoms with Gasteiger partial charge in [0, 0.05) is 7.11 Å². The normalized spacial score (nSPS) is 14.3. The first-order valence-corrected chi connectivity index (χ1v) is 6.77. The van der Waals surface area contributed by atoms with E-state index in [0.29, 0.717) is 19.8 Å². The number of rotatable bonds is 10. The van der Waals surface area contributed by atoms with E-state index in [4.69, 9.17) is 9.47 Å². The molecular formula is C15H25NO3. The minimum Gasteiger partial charge on any atom is -0.394 e. The van der Waals surface area contributed by atoms with E-state index in [1.54, 1.807) is 7.11 Å². The van der Waals surface area contributed by atoms with Crippen LogP contribution in [-0.2, 0) is 15.0 Å². The molecule has 0 aliphatic carbocycles. The number of nitrogens with one attached hydrogen (secondary N) is 1. The predicted octanol–water partition coefficient (Wildman–Crippen LogP) is 1.54. The fourth-order valence-corrected chi connectivity index (χ4v) is 1.94. The largest absolute Gasteiger partial charge is 0.394 e. The lowest BCUT2D eigenvalue weighted by Crippen LogP contribution is -2.50. The van der Waals surface area contributed by atoms with Crippen LogP contribution in [0, 0.1) is 0 Å². The summed E-state index contributed by atoms with van der Waals surface area (Å²) in [7, 11) is 1.65. The molecule has 0 aliphatic rings. The van der Waals surface area contributed by atoms with E-state index < -0.39 is 5.54 Å². The van der Waals surface area contributed by atoms with Crippen LogP contribution < -0.4 is 5.32 Å². The first-order valence-electron chi connectivity index (χ1n) is 6.77. The lowest BCUT2D eigenvalue weighted by Gasteiger charge is -2.33. The molecule has 4 heteroatoms. The first kappa shape index (κ1) is 16.1. The maximum Gasteiger partial charge on any atom is 0.0905 e. The molecule has 1 rings (SSSR count). The van der Waals surface area contributed by atoms with E-state index in [2.05, 4.69) is 12.2 Å². The minimum absolute atomic E-state index is 0.00396. The molecule has 1 atom stereocenters. The van der Waals surface area contributed by atoms with Crippen molar-refractivity contribution in [3.8, 4) is 0 Å². The zero-order chi connectivity index (χ0) is 14.0. The summed E-state index contributed by atoms with van der Waals surface area (Å²) < 4.78 is 10.6. The van der Waals surface area contributed by atoms with Gasteiger partial charge in [-0.25, -0.2) is 0 Å². The summed E-state index contributed by atoms with van der Waals surface area (Å²) in [6.07, 6.45) is 1.01. The van der Waals surface area contributed by atoms with E-state index in [1.165, 1.54) is 0 Å². The lowest BCUT2D eigenvalue weighted by atomic mass is 9.91. The fraction of sp³-hybridized carbons (Fsp3) is 0.600. The van der Waals surface area contributed by atoms with Crippen LogP contribution in [0.3, 0.4) is 0 Å². The molecule has 1 aromatic carbocycles. The molecule has 0 spiro atoms. The van der Waals surface area contributed by atoms with Crippen LogP contribution in [0.25, 0.3) is 0 Å². The number of aliphatic hydroxyl groups excluding tert-OH is 1. The third-order valence-electron chi connectivity index (χ3n) is 3.09. The average Bonchev–Trinajstić information content (AvgIpc) is 2.48. The highest BCUT2D eigenvalue weighted by Gasteiger charge is 2.31. The van der Waals surface area contributed by atoms with Crippen molar-refractivity contribution in [3.63, 3.8) is 0 Å². The van der Waals surface area contributed by atoms with Crippen LogP contribution in [0.1, 0.15) is 18.9 Å². The Morgan fingerprint density at radius 2 is 1.95 bits per heavy atom. The van der Waals surface area contributed by atoms with Crippen LogP contribution in [0.2, 0.25) is 0 Å². The Hall–Kier alpha value is -0.940. The highest BCUT2D eigenvalue weighted by Crippen LogP contribution is 2.21. The van der Waals surface area contributed by atoms with Gasteiger partial charge in [0.1, 0.15) is 0 Å². The summed E-state index contributed by atoms with van der Waals surface area (Å²) in [5, 5.41) is 13.2. The summed E-state index contributed by atoms with van der Waals surface area (Å²) in [6, 6.07) is 9.94. The molecule has 0 radical (unpaired) electrons. The Balaban J connectivity index is 2.75. The van der Waals surface area contributed by atoms with Crippen LogP contribution in [0.15, 0.2) is 30.3 Å². The molecule has 0 amide bonds. The van der Waals surface area contributed by atoms with Crippen molar-refractivity contribution in [1.29, 1.82) is 0 Å². The van der Waals surface area contributed by atoms with Gasteiger partial charge >= 0.3 is 0 Å². The number of benzene rings is 1. The number of methoxy groups -OCH3 is 1. The molecule has 4 nitrogen and oxygen atoms in total. The van der Waals surface area contributed by atoms with E-state index >= 15 is 0 Å². The van der Waals surface area contributed by atoms with Crippen LogP contribution in [0.5, 0.6) is 0 Å². The quantitative estimate of drug-likeness (QED) is 0.631. The van der Waals surface area contributed by atoms with Gasteiger partial charge in [0.25, 0.3) is 0 Å². The van der Waals surface area contributed by atoms with Gasteiger partial charge in [0.15, 0.2) is 0 Å². The Kier molecular flexibility index (Phi) is 7.67.